The van der Waals surface area contributed by atoms with Gasteiger partial charge in [-0.2, -0.15) is 11.3 Å². The zero-order chi connectivity index (χ0) is 16.8. The number of carbonyl (C=O) groups excluding carboxylic acids is 1. The Balaban J connectivity index is 1.57. The van der Waals surface area contributed by atoms with Crippen LogP contribution in [-0.4, -0.2) is 41.7 Å². The summed E-state index contributed by atoms with van der Waals surface area (Å²) in [6.45, 7) is 2.75. The summed E-state index contributed by atoms with van der Waals surface area (Å²) in [5.74, 6) is 0.182. The summed E-state index contributed by atoms with van der Waals surface area (Å²) in [6, 6.07) is 12.4. The van der Waals surface area contributed by atoms with E-state index in [2.05, 4.69) is 34.5 Å². The van der Waals surface area contributed by atoms with Crippen LogP contribution in [0.1, 0.15) is 17.5 Å². The van der Waals surface area contributed by atoms with Crippen LogP contribution >= 0.6 is 11.3 Å². The second kappa shape index (κ2) is 8.42. The van der Waals surface area contributed by atoms with E-state index in [0.29, 0.717) is 6.42 Å². The predicted octanol–water partition coefficient (Wildman–Crippen LogP) is 2.29. The van der Waals surface area contributed by atoms with Gasteiger partial charge in [-0.15, -0.1) is 0 Å². The third kappa shape index (κ3) is 4.66. The van der Waals surface area contributed by atoms with Gasteiger partial charge < -0.3 is 10.4 Å². The third-order valence-corrected chi connectivity index (χ3v) is 5.35. The zero-order valence-corrected chi connectivity index (χ0v) is 14.5. The van der Waals surface area contributed by atoms with Gasteiger partial charge in [0, 0.05) is 31.7 Å². The van der Waals surface area contributed by atoms with Crippen molar-refractivity contribution >= 4 is 17.2 Å². The number of hydrogen-bond acceptors (Lipinski definition) is 4. The minimum absolute atomic E-state index is 0.0126. The van der Waals surface area contributed by atoms with Gasteiger partial charge in [-0.1, -0.05) is 30.3 Å². The fraction of sp³-hybridized carbons (Fsp3) is 0.421. The topological polar surface area (TPSA) is 52.6 Å². The number of aliphatic hydroxyl groups is 1. The first-order valence-corrected chi connectivity index (χ1v) is 9.36. The molecule has 1 aromatic carbocycles. The van der Waals surface area contributed by atoms with Crippen LogP contribution < -0.4 is 5.32 Å². The van der Waals surface area contributed by atoms with E-state index in [1.807, 2.05) is 22.9 Å². The van der Waals surface area contributed by atoms with E-state index in [0.717, 1.165) is 31.6 Å². The van der Waals surface area contributed by atoms with Crippen molar-refractivity contribution in [3.63, 3.8) is 0 Å². The molecule has 4 nitrogen and oxygen atoms in total. The molecule has 1 aromatic heterocycles. The molecular formula is C19H24N2O2S. The van der Waals surface area contributed by atoms with Crippen molar-refractivity contribution in [3.8, 4) is 0 Å². The summed E-state index contributed by atoms with van der Waals surface area (Å²) in [4.78, 5) is 14.7. The molecule has 0 spiro atoms. The van der Waals surface area contributed by atoms with Gasteiger partial charge in [0.25, 0.3) is 0 Å². The number of carbonyl (C=O) groups is 1. The minimum atomic E-state index is 0.0126. The van der Waals surface area contributed by atoms with Crippen LogP contribution in [0.5, 0.6) is 0 Å². The maximum atomic E-state index is 12.3. The van der Waals surface area contributed by atoms with Crippen molar-refractivity contribution in [2.75, 3.05) is 19.7 Å². The Hall–Kier alpha value is -1.69. The van der Waals surface area contributed by atoms with Crippen molar-refractivity contribution < 1.29 is 9.90 Å². The molecule has 3 rings (SSSR count). The second-order valence-corrected chi connectivity index (χ2v) is 7.21. The van der Waals surface area contributed by atoms with Crippen molar-refractivity contribution in [1.29, 1.82) is 0 Å². The maximum absolute atomic E-state index is 12.3. The standard InChI is InChI=1S/C19H24N2O2S/c22-13-17-6-8-21(11-15-4-2-1-3-5-15)12-18(17)20-19(23)10-16-7-9-24-14-16/h1-5,7,9,14,17-18,22H,6,8,10-13H2,(H,20,23)/t17-,18-/m0/s1. The lowest BCUT2D eigenvalue weighted by molar-refractivity contribution is -0.122. The summed E-state index contributed by atoms with van der Waals surface area (Å²) in [6.07, 6.45) is 1.32. The average Bonchev–Trinajstić information content (AvgIpc) is 3.09. The molecule has 0 unspecified atom stereocenters. The summed E-state index contributed by atoms with van der Waals surface area (Å²) >= 11 is 1.61. The summed E-state index contributed by atoms with van der Waals surface area (Å²) in [5, 5.41) is 16.8. The van der Waals surface area contributed by atoms with Gasteiger partial charge in [-0.25, -0.2) is 0 Å². The molecule has 0 radical (unpaired) electrons. The predicted molar refractivity (Wildman–Crippen MR) is 96.9 cm³/mol. The largest absolute Gasteiger partial charge is 0.396 e. The van der Waals surface area contributed by atoms with Crippen LogP contribution in [0.15, 0.2) is 47.2 Å². The zero-order valence-electron chi connectivity index (χ0n) is 13.7. The number of amides is 1. The Morgan fingerprint density at radius 1 is 1.25 bits per heavy atom. The highest BCUT2D eigenvalue weighted by Gasteiger charge is 2.29. The molecule has 5 heteroatoms. The first kappa shape index (κ1) is 17.1. The minimum Gasteiger partial charge on any atom is -0.396 e. The first-order valence-electron chi connectivity index (χ1n) is 8.42. The Morgan fingerprint density at radius 2 is 2.08 bits per heavy atom. The SMILES string of the molecule is O=C(Cc1ccsc1)N[C@H]1CN(Cc2ccccc2)CC[C@H]1CO. The molecule has 0 bridgehead atoms. The van der Waals surface area contributed by atoms with E-state index in [-0.39, 0.29) is 24.5 Å². The van der Waals surface area contributed by atoms with E-state index < -0.39 is 0 Å². The van der Waals surface area contributed by atoms with Gasteiger partial charge in [0.15, 0.2) is 0 Å². The monoisotopic (exact) mass is 344 g/mol. The van der Waals surface area contributed by atoms with E-state index >= 15 is 0 Å². The van der Waals surface area contributed by atoms with Crippen molar-refractivity contribution in [2.45, 2.75) is 25.4 Å². The molecule has 2 aromatic rings. The lowest BCUT2D eigenvalue weighted by Crippen LogP contribution is -2.53. The van der Waals surface area contributed by atoms with Crippen LogP contribution in [0.2, 0.25) is 0 Å². The number of piperidine rings is 1. The molecular weight excluding hydrogens is 320 g/mol. The van der Waals surface area contributed by atoms with E-state index in [1.54, 1.807) is 11.3 Å². The number of thiophene rings is 1. The molecule has 1 aliphatic heterocycles. The van der Waals surface area contributed by atoms with Gasteiger partial charge in [-0.05, 0) is 40.9 Å². The third-order valence-electron chi connectivity index (χ3n) is 4.61. The van der Waals surface area contributed by atoms with Crippen molar-refractivity contribution in [3.05, 3.63) is 58.3 Å². The molecule has 1 fully saturated rings. The van der Waals surface area contributed by atoms with E-state index in [9.17, 15) is 9.90 Å². The smallest absolute Gasteiger partial charge is 0.224 e. The molecule has 0 aliphatic carbocycles. The number of benzene rings is 1. The van der Waals surface area contributed by atoms with Gasteiger partial charge in [0.05, 0.1) is 6.42 Å². The Bertz CT molecular complexity index is 630. The molecule has 2 atom stereocenters. The number of nitrogens with zero attached hydrogens (tertiary/aromatic N) is 1. The number of rotatable bonds is 6. The van der Waals surface area contributed by atoms with Gasteiger partial charge in [-0.3, -0.25) is 9.69 Å². The van der Waals surface area contributed by atoms with Crippen molar-refractivity contribution in [1.82, 2.24) is 10.2 Å². The molecule has 24 heavy (non-hydrogen) atoms. The molecule has 1 saturated heterocycles. The molecule has 2 N–H and O–H groups in total. The Labute approximate surface area is 147 Å². The number of likely N-dealkylation sites (tertiary alicyclic amines) is 1. The van der Waals surface area contributed by atoms with Crippen LogP contribution in [0.3, 0.4) is 0 Å². The van der Waals surface area contributed by atoms with Crippen LogP contribution in [0.4, 0.5) is 0 Å². The number of aliphatic hydroxyl groups excluding tert-OH is 1. The molecule has 2 heterocycles. The van der Waals surface area contributed by atoms with Crippen LogP contribution in [0.25, 0.3) is 0 Å². The highest BCUT2D eigenvalue weighted by Crippen LogP contribution is 2.20. The quantitative estimate of drug-likeness (QED) is 0.845. The fourth-order valence-corrected chi connectivity index (χ4v) is 3.94. The summed E-state index contributed by atoms with van der Waals surface area (Å²) in [5.41, 5.74) is 2.33. The van der Waals surface area contributed by atoms with Crippen LogP contribution in [-0.2, 0) is 17.8 Å². The maximum Gasteiger partial charge on any atom is 0.224 e. The summed E-state index contributed by atoms with van der Waals surface area (Å²) in [7, 11) is 0. The highest BCUT2D eigenvalue weighted by atomic mass is 32.1. The van der Waals surface area contributed by atoms with Gasteiger partial charge >= 0.3 is 0 Å². The number of nitrogens with one attached hydrogen (secondary N) is 1. The van der Waals surface area contributed by atoms with Gasteiger partial charge in [0.2, 0.25) is 5.91 Å². The van der Waals surface area contributed by atoms with Gasteiger partial charge in [0.1, 0.15) is 0 Å². The normalized spacial score (nSPS) is 21.5. The second-order valence-electron chi connectivity index (χ2n) is 6.43. The van der Waals surface area contributed by atoms with E-state index in [1.165, 1.54) is 5.56 Å². The van der Waals surface area contributed by atoms with E-state index in [4.69, 9.17) is 0 Å². The lowest BCUT2D eigenvalue weighted by Gasteiger charge is -2.38. The average molecular weight is 344 g/mol. The fourth-order valence-electron chi connectivity index (χ4n) is 3.27. The highest BCUT2D eigenvalue weighted by molar-refractivity contribution is 7.07. The number of hydrogen-bond donors (Lipinski definition) is 2. The molecule has 1 aliphatic rings. The summed E-state index contributed by atoms with van der Waals surface area (Å²) < 4.78 is 0. The molecule has 128 valence electrons. The van der Waals surface area contributed by atoms with Crippen LogP contribution in [0, 0.1) is 5.92 Å². The lowest BCUT2D eigenvalue weighted by atomic mass is 9.91. The Kier molecular flexibility index (Phi) is 6.01. The van der Waals surface area contributed by atoms with Crippen molar-refractivity contribution in [2.24, 2.45) is 5.92 Å². The molecule has 1 amide bonds. The Morgan fingerprint density at radius 3 is 2.79 bits per heavy atom. The first-order chi connectivity index (χ1) is 11.7. The molecule has 0 saturated carbocycles.